The van der Waals surface area contributed by atoms with Gasteiger partial charge in [0.1, 0.15) is 0 Å². The number of hydrogen-bond acceptors (Lipinski definition) is 2. The summed E-state index contributed by atoms with van der Waals surface area (Å²) < 4.78 is 1.14. The number of halogens is 1. The van der Waals surface area contributed by atoms with Crippen LogP contribution in [0, 0.1) is 3.57 Å². The summed E-state index contributed by atoms with van der Waals surface area (Å²) in [6.45, 7) is 0. The molecule has 0 amide bonds. The van der Waals surface area contributed by atoms with Crippen molar-refractivity contribution in [1.29, 1.82) is 0 Å². The number of rotatable bonds is 0. The van der Waals surface area contributed by atoms with E-state index in [-0.39, 0.29) is 0 Å². The van der Waals surface area contributed by atoms with Crippen molar-refractivity contribution in [1.82, 2.24) is 0 Å². The minimum atomic E-state index is 0.984. The molecular formula is C6H5IS2. The van der Waals surface area contributed by atoms with E-state index in [1.807, 2.05) is 18.2 Å². The van der Waals surface area contributed by atoms with Gasteiger partial charge in [-0.1, -0.05) is 0 Å². The van der Waals surface area contributed by atoms with Gasteiger partial charge in [-0.3, -0.25) is 0 Å². The third-order valence-corrected chi connectivity index (χ3v) is 2.92. The van der Waals surface area contributed by atoms with Crippen LogP contribution in [0.3, 0.4) is 0 Å². The molecule has 1 aromatic carbocycles. The Labute approximate surface area is 79.0 Å². The van der Waals surface area contributed by atoms with Crippen molar-refractivity contribution in [3.8, 4) is 0 Å². The van der Waals surface area contributed by atoms with Crippen LogP contribution in [-0.2, 0) is 0 Å². The van der Waals surface area contributed by atoms with Gasteiger partial charge in [0.05, 0.1) is 0 Å². The number of benzene rings is 1. The van der Waals surface area contributed by atoms with E-state index in [4.69, 9.17) is 0 Å². The molecule has 9 heavy (non-hydrogen) atoms. The van der Waals surface area contributed by atoms with E-state index in [1.165, 1.54) is 0 Å². The van der Waals surface area contributed by atoms with E-state index in [0.29, 0.717) is 0 Å². The molecule has 48 valence electrons. The Morgan fingerprint density at radius 3 is 2.33 bits per heavy atom. The summed E-state index contributed by atoms with van der Waals surface area (Å²) >= 11 is 10.6. The average Bonchev–Trinajstić information content (AvgIpc) is 1.80. The van der Waals surface area contributed by atoms with Crippen molar-refractivity contribution in [3.63, 3.8) is 0 Å². The summed E-state index contributed by atoms with van der Waals surface area (Å²) in [5.74, 6) is 0. The highest BCUT2D eigenvalue weighted by Gasteiger charge is 1.92. The maximum absolute atomic E-state index is 4.20. The van der Waals surface area contributed by atoms with Gasteiger partial charge in [-0.25, -0.2) is 0 Å². The van der Waals surface area contributed by atoms with Crippen LogP contribution in [0.25, 0.3) is 0 Å². The van der Waals surface area contributed by atoms with Crippen LogP contribution >= 0.6 is 47.8 Å². The minimum Gasteiger partial charge on any atom is -0.143 e. The second-order valence-electron chi connectivity index (χ2n) is 1.64. The lowest BCUT2D eigenvalue weighted by Crippen LogP contribution is -1.73. The van der Waals surface area contributed by atoms with Gasteiger partial charge in [-0.2, -0.15) is 0 Å². The lowest BCUT2D eigenvalue weighted by atomic mass is 10.4. The van der Waals surface area contributed by atoms with Crippen molar-refractivity contribution in [2.24, 2.45) is 0 Å². The first-order valence-corrected chi connectivity index (χ1v) is 4.35. The topological polar surface area (TPSA) is 0 Å². The predicted molar refractivity (Wildman–Crippen MR) is 53.7 cm³/mol. The van der Waals surface area contributed by atoms with Crippen molar-refractivity contribution >= 4 is 47.8 Å². The summed E-state index contributed by atoms with van der Waals surface area (Å²) in [5.41, 5.74) is 0. The van der Waals surface area contributed by atoms with Crippen LogP contribution in [0.2, 0.25) is 0 Å². The Balaban J connectivity index is 3.17. The van der Waals surface area contributed by atoms with Crippen molar-refractivity contribution in [2.75, 3.05) is 0 Å². The van der Waals surface area contributed by atoms with Crippen LogP contribution in [0.4, 0.5) is 0 Å². The van der Waals surface area contributed by atoms with E-state index in [9.17, 15) is 0 Å². The van der Waals surface area contributed by atoms with Crippen molar-refractivity contribution < 1.29 is 0 Å². The zero-order chi connectivity index (χ0) is 6.85. The molecule has 0 aliphatic rings. The molecule has 0 unspecified atom stereocenters. The highest BCUT2D eigenvalue weighted by atomic mass is 127. The third-order valence-electron chi connectivity index (χ3n) is 0.931. The molecule has 3 heteroatoms. The third kappa shape index (κ3) is 2.05. The molecule has 1 aromatic rings. The van der Waals surface area contributed by atoms with Gasteiger partial charge in [-0.05, 0) is 40.8 Å². The Morgan fingerprint density at radius 1 is 1.22 bits per heavy atom. The fourth-order valence-corrected chi connectivity index (χ4v) is 1.60. The van der Waals surface area contributed by atoms with Crippen LogP contribution in [0.1, 0.15) is 0 Å². The zero-order valence-electron chi connectivity index (χ0n) is 4.50. The van der Waals surface area contributed by atoms with Crippen LogP contribution in [0.15, 0.2) is 28.0 Å². The van der Waals surface area contributed by atoms with E-state index >= 15 is 0 Å². The van der Waals surface area contributed by atoms with E-state index in [2.05, 4.69) is 47.8 Å². The Morgan fingerprint density at radius 2 is 1.89 bits per heavy atom. The van der Waals surface area contributed by atoms with E-state index in [0.717, 1.165) is 13.4 Å². The molecule has 0 saturated carbocycles. The average molecular weight is 268 g/mol. The molecule has 0 aromatic heterocycles. The van der Waals surface area contributed by atoms with E-state index in [1.54, 1.807) is 0 Å². The van der Waals surface area contributed by atoms with Crippen molar-refractivity contribution in [3.05, 3.63) is 21.8 Å². The first-order valence-electron chi connectivity index (χ1n) is 2.37. The summed E-state index contributed by atoms with van der Waals surface area (Å²) in [6.07, 6.45) is 0. The summed E-state index contributed by atoms with van der Waals surface area (Å²) in [5, 5.41) is 0. The minimum absolute atomic E-state index is 0.984. The fraction of sp³-hybridized carbons (Fsp3) is 0. The lowest BCUT2D eigenvalue weighted by molar-refractivity contribution is 1.32. The van der Waals surface area contributed by atoms with Gasteiger partial charge in [0, 0.05) is 13.4 Å². The normalized spacial score (nSPS) is 9.67. The highest BCUT2D eigenvalue weighted by Crippen LogP contribution is 2.19. The molecule has 0 saturated heterocycles. The Hall–Kier alpha value is 0.650. The molecule has 0 heterocycles. The maximum atomic E-state index is 4.20. The largest absolute Gasteiger partial charge is 0.143 e. The molecule has 0 N–H and O–H groups in total. The summed E-state index contributed by atoms with van der Waals surface area (Å²) in [7, 11) is 0. The molecular weight excluding hydrogens is 263 g/mol. The van der Waals surface area contributed by atoms with E-state index < -0.39 is 0 Å². The van der Waals surface area contributed by atoms with Gasteiger partial charge in [0.2, 0.25) is 0 Å². The van der Waals surface area contributed by atoms with Crippen LogP contribution in [-0.4, -0.2) is 0 Å². The Kier molecular flexibility index (Phi) is 2.73. The first-order chi connectivity index (χ1) is 4.20. The SMILES string of the molecule is Sc1ccc(S)c(I)c1. The molecule has 0 aliphatic carbocycles. The number of hydrogen-bond donors (Lipinski definition) is 2. The smallest absolute Gasteiger partial charge is 0.0274 e. The fourth-order valence-electron chi connectivity index (χ4n) is 0.496. The first kappa shape index (κ1) is 7.75. The summed E-state index contributed by atoms with van der Waals surface area (Å²) in [4.78, 5) is 1.99. The predicted octanol–water partition coefficient (Wildman–Crippen LogP) is 2.87. The monoisotopic (exact) mass is 268 g/mol. The second-order valence-corrected chi connectivity index (χ2v) is 3.80. The molecule has 1 rings (SSSR count). The van der Waals surface area contributed by atoms with Crippen molar-refractivity contribution in [2.45, 2.75) is 9.79 Å². The molecule has 0 nitrogen and oxygen atoms in total. The quantitative estimate of drug-likeness (QED) is 0.524. The maximum Gasteiger partial charge on any atom is 0.0274 e. The van der Waals surface area contributed by atoms with Gasteiger partial charge in [0.25, 0.3) is 0 Å². The van der Waals surface area contributed by atoms with Gasteiger partial charge < -0.3 is 0 Å². The van der Waals surface area contributed by atoms with Gasteiger partial charge in [0.15, 0.2) is 0 Å². The molecule has 0 radical (unpaired) electrons. The number of thiol groups is 2. The Bertz CT molecular complexity index is 222. The van der Waals surface area contributed by atoms with Crippen LogP contribution in [0.5, 0.6) is 0 Å². The standard InChI is InChI=1S/C6H5IS2/c7-5-3-4(8)1-2-6(5)9/h1-3,8-9H. The molecule has 0 atom stereocenters. The molecule has 0 bridgehead atoms. The zero-order valence-corrected chi connectivity index (χ0v) is 8.45. The van der Waals surface area contributed by atoms with Gasteiger partial charge >= 0.3 is 0 Å². The van der Waals surface area contributed by atoms with Crippen LogP contribution < -0.4 is 0 Å². The second kappa shape index (κ2) is 3.16. The molecule has 0 aliphatic heterocycles. The molecule has 0 fully saturated rings. The molecule has 0 spiro atoms. The van der Waals surface area contributed by atoms with Gasteiger partial charge in [-0.15, -0.1) is 25.3 Å². The lowest BCUT2D eigenvalue weighted by Gasteiger charge is -1.95. The highest BCUT2D eigenvalue weighted by molar-refractivity contribution is 14.1. The summed E-state index contributed by atoms with van der Waals surface area (Å²) in [6, 6.07) is 5.84.